The molecule has 1 N–H and O–H groups in total. The van der Waals surface area contributed by atoms with Crippen molar-refractivity contribution in [2.75, 3.05) is 0 Å². The first-order chi connectivity index (χ1) is 7.18. The van der Waals surface area contributed by atoms with Crippen molar-refractivity contribution in [2.24, 2.45) is 0 Å². The highest BCUT2D eigenvalue weighted by Crippen LogP contribution is 2.06. The lowest BCUT2D eigenvalue weighted by atomic mass is 10.3. The highest BCUT2D eigenvalue weighted by Gasteiger charge is 1.85. The Hall–Kier alpha value is -1.90. The maximum Gasteiger partial charge on any atom is 0.123 e. The Bertz CT molecular complexity index is 363. The molecule has 0 aromatic heterocycles. The van der Waals surface area contributed by atoms with E-state index >= 15 is 0 Å². The van der Waals surface area contributed by atoms with Gasteiger partial charge in [0.1, 0.15) is 17.4 Å². The Labute approximate surface area is 86.6 Å². The maximum absolute atomic E-state index is 12.0. The van der Waals surface area contributed by atoms with Crippen LogP contribution in [0.3, 0.4) is 0 Å². The molecule has 0 saturated carbocycles. The number of benzene rings is 2. The van der Waals surface area contributed by atoms with Crippen molar-refractivity contribution in [2.45, 2.75) is 0 Å². The minimum atomic E-state index is -0.331. The normalized spacial score (nSPS) is 8.93. The molecule has 0 spiro atoms. The molecule has 0 saturated heterocycles. The zero-order chi connectivity index (χ0) is 11.1. The Morgan fingerprint density at radius 1 is 0.667 bits per heavy atom. The van der Waals surface area contributed by atoms with Gasteiger partial charge in [-0.15, -0.1) is 0 Å². The molecule has 0 aliphatic carbocycles. The van der Waals surface area contributed by atoms with E-state index in [1.165, 1.54) is 36.4 Å². The second-order valence-corrected chi connectivity index (χ2v) is 2.77. The SMILES string of the molecule is Fc1ccccc1.Oc1ccc(F)cc1. The summed E-state index contributed by atoms with van der Waals surface area (Å²) in [6.45, 7) is 0. The summed E-state index contributed by atoms with van der Waals surface area (Å²) in [7, 11) is 0. The molecule has 1 nitrogen and oxygen atoms in total. The molecular weight excluding hydrogens is 198 g/mol. The van der Waals surface area contributed by atoms with Crippen molar-refractivity contribution in [3.8, 4) is 5.75 Å². The standard InChI is InChI=1S/C6H5FO.C6H5F/c7-5-1-3-6(8)4-2-5;7-6-4-2-1-3-5-6/h1-4,8H;1-5H. The number of phenolic OH excluding ortho intramolecular Hbond substituents is 1. The monoisotopic (exact) mass is 208 g/mol. The third-order valence-corrected chi connectivity index (χ3v) is 1.56. The van der Waals surface area contributed by atoms with Crippen LogP contribution in [0.4, 0.5) is 8.78 Å². The molecule has 0 amide bonds. The molecule has 2 aromatic rings. The van der Waals surface area contributed by atoms with Gasteiger partial charge >= 0.3 is 0 Å². The minimum absolute atomic E-state index is 0.0893. The van der Waals surface area contributed by atoms with Gasteiger partial charge < -0.3 is 5.11 Å². The van der Waals surface area contributed by atoms with Crippen molar-refractivity contribution >= 4 is 0 Å². The number of hydrogen-bond acceptors (Lipinski definition) is 1. The van der Waals surface area contributed by atoms with Crippen LogP contribution in [0, 0.1) is 11.6 Å². The number of hydrogen-bond donors (Lipinski definition) is 1. The number of phenols is 1. The largest absolute Gasteiger partial charge is 0.508 e. The summed E-state index contributed by atoms with van der Waals surface area (Å²) in [5.41, 5.74) is 0. The summed E-state index contributed by atoms with van der Waals surface area (Å²) in [6.07, 6.45) is 0. The van der Waals surface area contributed by atoms with E-state index in [1.807, 2.05) is 0 Å². The van der Waals surface area contributed by atoms with Crippen LogP contribution in [0.5, 0.6) is 5.75 Å². The van der Waals surface area contributed by atoms with Crippen molar-refractivity contribution in [1.29, 1.82) is 0 Å². The molecule has 0 fully saturated rings. The van der Waals surface area contributed by atoms with Gasteiger partial charge in [0, 0.05) is 0 Å². The summed E-state index contributed by atoms with van der Waals surface area (Å²) in [6, 6.07) is 12.9. The lowest BCUT2D eigenvalue weighted by Gasteiger charge is -1.86. The van der Waals surface area contributed by atoms with Gasteiger partial charge in [0.15, 0.2) is 0 Å². The summed E-state index contributed by atoms with van der Waals surface area (Å²) >= 11 is 0. The van der Waals surface area contributed by atoms with E-state index in [1.54, 1.807) is 18.2 Å². The van der Waals surface area contributed by atoms with E-state index in [0.29, 0.717) is 0 Å². The van der Waals surface area contributed by atoms with Gasteiger partial charge in [-0.1, -0.05) is 18.2 Å². The van der Waals surface area contributed by atoms with Crippen molar-refractivity contribution in [3.05, 3.63) is 66.2 Å². The fourth-order valence-corrected chi connectivity index (χ4v) is 0.856. The molecule has 0 radical (unpaired) electrons. The molecule has 0 atom stereocenters. The average Bonchev–Trinajstić information content (AvgIpc) is 2.25. The van der Waals surface area contributed by atoms with Crippen LogP contribution < -0.4 is 0 Å². The van der Waals surface area contributed by atoms with Gasteiger partial charge in [0.2, 0.25) is 0 Å². The molecule has 0 heterocycles. The van der Waals surface area contributed by atoms with Gasteiger partial charge in [-0.3, -0.25) is 0 Å². The molecule has 2 aromatic carbocycles. The lowest BCUT2D eigenvalue weighted by molar-refractivity contribution is 0.473. The zero-order valence-corrected chi connectivity index (χ0v) is 7.90. The van der Waals surface area contributed by atoms with Crippen molar-refractivity contribution in [3.63, 3.8) is 0 Å². The van der Waals surface area contributed by atoms with Crippen molar-refractivity contribution in [1.82, 2.24) is 0 Å². The molecular formula is C12H10F2O. The van der Waals surface area contributed by atoms with Gasteiger partial charge in [-0.25, -0.2) is 8.78 Å². The van der Waals surface area contributed by atoms with Crippen LogP contribution in [0.1, 0.15) is 0 Å². The lowest BCUT2D eigenvalue weighted by Crippen LogP contribution is -1.67. The first-order valence-electron chi connectivity index (χ1n) is 4.33. The highest BCUT2D eigenvalue weighted by atomic mass is 19.1. The second-order valence-electron chi connectivity index (χ2n) is 2.77. The molecule has 15 heavy (non-hydrogen) atoms. The van der Waals surface area contributed by atoms with E-state index in [4.69, 9.17) is 5.11 Å². The number of aromatic hydroxyl groups is 1. The summed E-state index contributed by atoms with van der Waals surface area (Å²) in [5, 5.41) is 8.59. The Kier molecular flexibility index (Phi) is 4.29. The Morgan fingerprint density at radius 3 is 1.47 bits per heavy atom. The second kappa shape index (κ2) is 5.75. The minimum Gasteiger partial charge on any atom is -0.508 e. The third kappa shape index (κ3) is 4.76. The third-order valence-electron chi connectivity index (χ3n) is 1.56. The van der Waals surface area contributed by atoms with Gasteiger partial charge in [0.25, 0.3) is 0 Å². The zero-order valence-electron chi connectivity index (χ0n) is 7.90. The van der Waals surface area contributed by atoms with Crippen LogP contribution in [0.25, 0.3) is 0 Å². The van der Waals surface area contributed by atoms with Crippen LogP contribution in [-0.2, 0) is 0 Å². The average molecular weight is 208 g/mol. The predicted molar refractivity (Wildman–Crippen MR) is 54.5 cm³/mol. The fraction of sp³-hybridized carbons (Fsp3) is 0. The highest BCUT2D eigenvalue weighted by molar-refractivity contribution is 5.19. The van der Waals surface area contributed by atoms with Gasteiger partial charge in [-0.05, 0) is 36.4 Å². The van der Waals surface area contributed by atoms with E-state index < -0.39 is 0 Å². The number of halogens is 2. The van der Waals surface area contributed by atoms with Crippen LogP contribution in [0.2, 0.25) is 0 Å². The first-order valence-corrected chi connectivity index (χ1v) is 4.33. The topological polar surface area (TPSA) is 20.2 Å². The van der Waals surface area contributed by atoms with Crippen molar-refractivity contribution < 1.29 is 13.9 Å². The summed E-state index contributed by atoms with van der Waals surface area (Å²) < 4.78 is 23.9. The number of rotatable bonds is 0. The van der Waals surface area contributed by atoms with E-state index in [2.05, 4.69) is 0 Å². The Balaban J connectivity index is 0.000000151. The van der Waals surface area contributed by atoms with Gasteiger partial charge in [-0.2, -0.15) is 0 Å². The quantitative estimate of drug-likeness (QED) is 0.703. The van der Waals surface area contributed by atoms with Gasteiger partial charge in [0.05, 0.1) is 0 Å². The maximum atomic E-state index is 12.0. The molecule has 0 unspecified atom stereocenters. The first kappa shape index (κ1) is 11.2. The predicted octanol–water partition coefficient (Wildman–Crippen LogP) is 3.36. The van der Waals surface area contributed by atoms with E-state index in [-0.39, 0.29) is 17.4 Å². The Morgan fingerprint density at radius 2 is 1.13 bits per heavy atom. The fourth-order valence-electron chi connectivity index (χ4n) is 0.856. The molecule has 0 aliphatic heterocycles. The smallest absolute Gasteiger partial charge is 0.123 e. The van der Waals surface area contributed by atoms with E-state index in [9.17, 15) is 8.78 Å². The molecule has 0 aliphatic rings. The molecule has 78 valence electrons. The molecule has 2 rings (SSSR count). The van der Waals surface area contributed by atoms with Crippen LogP contribution >= 0.6 is 0 Å². The van der Waals surface area contributed by atoms with Crippen LogP contribution in [-0.4, -0.2) is 5.11 Å². The summed E-state index contributed by atoms with van der Waals surface area (Å²) in [4.78, 5) is 0. The molecule has 3 heteroatoms. The molecule has 0 bridgehead atoms. The summed E-state index contributed by atoms with van der Waals surface area (Å²) in [5.74, 6) is -0.420. The van der Waals surface area contributed by atoms with E-state index in [0.717, 1.165) is 0 Å². The van der Waals surface area contributed by atoms with Crippen LogP contribution in [0.15, 0.2) is 54.6 Å².